The van der Waals surface area contributed by atoms with Gasteiger partial charge in [0.2, 0.25) is 5.91 Å². The molecule has 1 atom stereocenters. The van der Waals surface area contributed by atoms with Gasteiger partial charge in [0.1, 0.15) is 5.69 Å². The van der Waals surface area contributed by atoms with Gasteiger partial charge in [0.25, 0.3) is 5.91 Å². The lowest BCUT2D eigenvalue weighted by atomic mass is 10.2. The van der Waals surface area contributed by atoms with Crippen LogP contribution in [0, 0.1) is 0 Å². The summed E-state index contributed by atoms with van der Waals surface area (Å²) in [6.07, 6.45) is 4.00. The molecule has 20 heavy (non-hydrogen) atoms. The van der Waals surface area contributed by atoms with Crippen molar-refractivity contribution in [3.8, 4) is 0 Å². The lowest BCUT2D eigenvalue weighted by Crippen LogP contribution is -2.38. The van der Waals surface area contributed by atoms with E-state index >= 15 is 0 Å². The Morgan fingerprint density at radius 3 is 2.95 bits per heavy atom. The van der Waals surface area contributed by atoms with Crippen molar-refractivity contribution in [1.82, 2.24) is 15.6 Å². The highest BCUT2D eigenvalue weighted by Crippen LogP contribution is 2.07. The van der Waals surface area contributed by atoms with Gasteiger partial charge in [-0.3, -0.25) is 9.59 Å². The number of amides is 2. The number of aromatic nitrogens is 1. The highest BCUT2D eigenvalue weighted by molar-refractivity contribution is 5.92. The molecule has 6 heteroatoms. The maximum atomic E-state index is 11.9. The molecule has 0 radical (unpaired) electrons. The molecular weight excluding hydrogens is 256 g/mol. The molecule has 0 aromatic carbocycles. The van der Waals surface area contributed by atoms with E-state index in [0.29, 0.717) is 18.7 Å². The van der Waals surface area contributed by atoms with E-state index < -0.39 is 0 Å². The highest BCUT2D eigenvalue weighted by Gasteiger charge is 2.21. The lowest BCUT2D eigenvalue weighted by Gasteiger charge is -2.11. The van der Waals surface area contributed by atoms with Crippen molar-refractivity contribution in [2.75, 3.05) is 18.4 Å². The molecule has 6 nitrogen and oxygen atoms in total. The van der Waals surface area contributed by atoms with Crippen LogP contribution in [-0.4, -0.2) is 35.9 Å². The molecule has 3 N–H and O–H groups in total. The van der Waals surface area contributed by atoms with Crippen LogP contribution in [0.2, 0.25) is 0 Å². The van der Waals surface area contributed by atoms with E-state index in [4.69, 9.17) is 0 Å². The van der Waals surface area contributed by atoms with Crippen molar-refractivity contribution >= 4 is 17.5 Å². The van der Waals surface area contributed by atoms with E-state index in [9.17, 15) is 9.59 Å². The summed E-state index contributed by atoms with van der Waals surface area (Å²) in [6, 6.07) is 3.58. The molecule has 1 aliphatic heterocycles. The van der Waals surface area contributed by atoms with Crippen molar-refractivity contribution in [2.24, 2.45) is 0 Å². The third-order valence-electron chi connectivity index (χ3n) is 3.17. The van der Waals surface area contributed by atoms with Crippen LogP contribution < -0.4 is 16.0 Å². The lowest BCUT2D eigenvalue weighted by molar-refractivity contribution is -0.119. The van der Waals surface area contributed by atoms with E-state index in [1.807, 2.05) is 6.07 Å². The Labute approximate surface area is 118 Å². The van der Waals surface area contributed by atoms with Gasteiger partial charge < -0.3 is 16.0 Å². The summed E-state index contributed by atoms with van der Waals surface area (Å²) >= 11 is 0. The molecule has 2 heterocycles. The van der Waals surface area contributed by atoms with E-state index in [-0.39, 0.29) is 17.9 Å². The first-order chi connectivity index (χ1) is 9.69. The zero-order valence-electron chi connectivity index (χ0n) is 11.6. The average molecular weight is 276 g/mol. The standard InChI is InChI=1S/C14H20N4O2/c1-2-7-15-10-3-5-12(16-8-10)14(20)17-9-11-4-6-13(19)18-11/h3,5,8,11,15H,2,4,6-7,9H2,1H3,(H,17,20)(H,18,19). The SMILES string of the molecule is CCCNc1ccc(C(=O)NCC2CCC(=O)N2)nc1. The zero-order chi connectivity index (χ0) is 14.4. The Bertz CT molecular complexity index is 473. The minimum absolute atomic E-state index is 0.0388. The summed E-state index contributed by atoms with van der Waals surface area (Å²) < 4.78 is 0. The van der Waals surface area contributed by atoms with E-state index in [1.165, 1.54) is 0 Å². The second-order valence-electron chi connectivity index (χ2n) is 4.87. The number of anilines is 1. The molecule has 1 unspecified atom stereocenters. The zero-order valence-corrected chi connectivity index (χ0v) is 11.6. The molecule has 1 aliphatic rings. The number of nitrogens with zero attached hydrogens (tertiary/aromatic N) is 1. The van der Waals surface area contributed by atoms with Crippen LogP contribution in [0.25, 0.3) is 0 Å². The Morgan fingerprint density at radius 1 is 1.50 bits per heavy atom. The normalized spacial score (nSPS) is 17.6. The predicted molar refractivity (Wildman–Crippen MR) is 76.5 cm³/mol. The van der Waals surface area contributed by atoms with Crippen LogP contribution >= 0.6 is 0 Å². The first-order valence-electron chi connectivity index (χ1n) is 6.96. The first-order valence-corrected chi connectivity index (χ1v) is 6.96. The molecule has 1 fully saturated rings. The second-order valence-corrected chi connectivity index (χ2v) is 4.87. The van der Waals surface area contributed by atoms with Gasteiger partial charge in [0.15, 0.2) is 0 Å². The number of hydrogen-bond acceptors (Lipinski definition) is 4. The van der Waals surface area contributed by atoms with Gasteiger partial charge in [-0.25, -0.2) is 4.98 Å². The summed E-state index contributed by atoms with van der Waals surface area (Å²) in [5.41, 5.74) is 1.29. The molecule has 1 aromatic rings. The smallest absolute Gasteiger partial charge is 0.269 e. The summed E-state index contributed by atoms with van der Waals surface area (Å²) in [7, 11) is 0. The van der Waals surface area contributed by atoms with Gasteiger partial charge in [0.05, 0.1) is 11.9 Å². The first kappa shape index (κ1) is 14.3. The maximum absolute atomic E-state index is 11.9. The summed E-state index contributed by atoms with van der Waals surface area (Å²) in [5.74, 6) is -0.165. The van der Waals surface area contributed by atoms with Crippen LogP contribution in [0.1, 0.15) is 36.7 Å². The molecule has 0 spiro atoms. The van der Waals surface area contributed by atoms with Gasteiger partial charge in [-0.15, -0.1) is 0 Å². The van der Waals surface area contributed by atoms with Crippen LogP contribution in [0.15, 0.2) is 18.3 Å². The molecule has 1 aromatic heterocycles. The van der Waals surface area contributed by atoms with E-state index in [1.54, 1.807) is 12.3 Å². The Balaban J connectivity index is 1.81. The fourth-order valence-corrected chi connectivity index (χ4v) is 2.04. The number of hydrogen-bond donors (Lipinski definition) is 3. The molecule has 0 aliphatic carbocycles. The van der Waals surface area contributed by atoms with E-state index in [2.05, 4.69) is 27.9 Å². The van der Waals surface area contributed by atoms with Gasteiger partial charge >= 0.3 is 0 Å². The quantitative estimate of drug-likeness (QED) is 0.721. The Hall–Kier alpha value is -2.11. The molecule has 2 amide bonds. The monoisotopic (exact) mass is 276 g/mol. The Kier molecular flexibility index (Phi) is 4.92. The molecule has 2 rings (SSSR count). The minimum atomic E-state index is -0.215. The number of pyridine rings is 1. The Morgan fingerprint density at radius 2 is 2.35 bits per heavy atom. The number of nitrogens with one attached hydrogen (secondary N) is 3. The van der Waals surface area contributed by atoms with Crippen LogP contribution in [0.3, 0.4) is 0 Å². The number of rotatable bonds is 6. The summed E-state index contributed by atoms with van der Waals surface area (Å²) in [4.78, 5) is 27.1. The number of carbonyl (C=O) groups excluding carboxylic acids is 2. The summed E-state index contributed by atoms with van der Waals surface area (Å²) in [6.45, 7) is 3.42. The fourth-order valence-electron chi connectivity index (χ4n) is 2.04. The predicted octanol–water partition coefficient (Wildman–Crippen LogP) is 0.912. The minimum Gasteiger partial charge on any atom is -0.384 e. The summed E-state index contributed by atoms with van der Waals surface area (Å²) in [5, 5.41) is 8.80. The van der Waals surface area contributed by atoms with Crippen LogP contribution in [0.4, 0.5) is 5.69 Å². The molecule has 0 bridgehead atoms. The largest absolute Gasteiger partial charge is 0.384 e. The van der Waals surface area contributed by atoms with Crippen molar-refractivity contribution < 1.29 is 9.59 Å². The molecule has 0 saturated carbocycles. The van der Waals surface area contributed by atoms with Crippen molar-refractivity contribution in [2.45, 2.75) is 32.2 Å². The van der Waals surface area contributed by atoms with Gasteiger partial charge in [0, 0.05) is 25.6 Å². The molecular formula is C14H20N4O2. The molecule has 108 valence electrons. The van der Waals surface area contributed by atoms with Crippen molar-refractivity contribution in [3.63, 3.8) is 0 Å². The second kappa shape index (κ2) is 6.88. The van der Waals surface area contributed by atoms with Gasteiger partial charge in [-0.2, -0.15) is 0 Å². The topological polar surface area (TPSA) is 83.1 Å². The van der Waals surface area contributed by atoms with Crippen molar-refractivity contribution in [3.05, 3.63) is 24.0 Å². The maximum Gasteiger partial charge on any atom is 0.269 e. The number of carbonyl (C=O) groups is 2. The molecule has 1 saturated heterocycles. The van der Waals surface area contributed by atoms with Gasteiger partial charge in [-0.1, -0.05) is 6.92 Å². The third-order valence-corrected chi connectivity index (χ3v) is 3.17. The average Bonchev–Trinajstić information content (AvgIpc) is 2.89. The highest BCUT2D eigenvalue weighted by atomic mass is 16.2. The van der Waals surface area contributed by atoms with Crippen LogP contribution in [-0.2, 0) is 4.79 Å². The van der Waals surface area contributed by atoms with Crippen LogP contribution in [0.5, 0.6) is 0 Å². The van der Waals surface area contributed by atoms with Gasteiger partial charge in [-0.05, 0) is 25.0 Å². The third kappa shape index (κ3) is 3.94. The van der Waals surface area contributed by atoms with Crippen molar-refractivity contribution in [1.29, 1.82) is 0 Å². The van der Waals surface area contributed by atoms with E-state index in [0.717, 1.165) is 25.1 Å². The fraction of sp³-hybridized carbons (Fsp3) is 0.500.